The Morgan fingerprint density at radius 1 is 1.38 bits per heavy atom. The smallest absolute Gasteiger partial charge is 0.254 e. The summed E-state index contributed by atoms with van der Waals surface area (Å²) in [7, 11) is 0. The summed E-state index contributed by atoms with van der Waals surface area (Å²) in [6, 6.07) is 7.34. The number of hydrogen-bond donors (Lipinski definition) is 0. The number of aromatic nitrogens is 1. The second-order valence-corrected chi connectivity index (χ2v) is 5.71. The average molecular weight is 305 g/mol. The van der Waals surface area contributed by atoms with E-state index in [0.717, 1.165) is 18.6 Å². The summed E-state index contributed by atoms with van der Waals surface area (Å²) in [6.07, 6.45) is 7.63. The molecule has 0 aromatic carbocycles. The van der Waals surface area contributed by atoms with E-state index in [1.165, 1.54) is 12.8 Å². The van der Waals surface area contributed by atoms with Crippen molar-refractivity contribution < 1.29 is 9.21 Å². The monoisotopic (exact) mass is 304 g/mol. The van der Waals surface area contributed by atoms with Crippen molar-refractivity contribution in [1.29, 1.82) is 0 Å². The Balaban J connectivity index is 1.85. The summed E-state index contributed by atoms with van der Waals surface area (Å²) in [5, 5.41) is 0.338. The normalized spacial score (nSPS) is 15.3. The second kappa shape index (κ2) is 6.31. The summed E-state index contributed by atoms with van der Waals surface area (Å²) >= 11 is 5.90. The lowest BCUT2D eigenvalue weighted by atomic mass is 10.1. The number of hydrogen-bond acceptors (Lipinski definition) is 3. The van der Waals surface area contributed by atoms with Gasteiger partial charge < -0.3 is 9.32 Å². The van der Waals surface area contributed by atoms with Crippen LogP contribution in [0.25, 0.3) is 0 Å². The molecule has 3 rings (SSSR count). The number of amides is 1. The third-order valence-electron chi connectivity index (χ3n) is 3.91. The van der Waals surface area contributed by atoms with Crippen molar-refractivity contribution in [2.24, 2.45) is 0 Å². The molecule has 0 unspecified atom stereocenters. The Labute approximate surface area is 128 Å². The third kappa shape index (κ3) is 3.27. The van der Waals surface area contributed by atoms with Crippen LogP contribution in [0, 0.1) is 0 Å². The largest absolute Gasteiger partial charge is 0.467 e. The SMILES string of the molecule is O=C(c1ccnc(Cl)c1)N(Cc1ccco1)C1CCCC1. The number of rotatable bonds is 4. The summed E-state index contributed by atoms with van der Waals surface area (Å²) in [6.45, 7) is 0.496. The van der Waals surface area contributed by atoms with Crippen LogP contribution in [0.15, 0.2) is 41.1 Å². The summed E-state index contributed by atoms with van der Waals surface area (Å²) in [4.78, 5) is 18.6. The highest BCUT2D eigenvalue weighted by Gasteiger charge is 2.28. The van der Waals surface area contributed by atoms with Gasteiger partial charge in [-0.1, -0.05) is 24.4 Å². The first-order valence-corrected chi connectivity index (χ1v) is 7.57. The number of furan rings is 1. The van der Waals surface area contributed by atoms with E-state index < -0.39 is 0 Å². The number of nitrogens with zero attached hydrogens (tertiary/aromatic N) is 2. The zero-order chi connectivity index (χ0) is 14.7. The van der Waals surface area contributed by atoms with Gasteiger partial charge in [-0.15, -0.1) is 0 Å². The number of pyridine rings is 1. The van der Waals surface area contributed by atoms with Crippen LogP contribution in [0.1, 0.15) is 41.8 Å². The van der Waals surface area contributed by atoms with Crippen molar-refractivity contribution in [3.63, 3.8) is 0 Å². The standard InChI is InChI=1S/C16H17ClN2O2/c17-15-10-12(7-8-18-15)16(20)19(13-4-1-2-5-13)11-14-6-3-9-21-14/h3,6-10,13H,1-2,4-5,11H2. The van der Waals surface area contributed by atoms with Gasteiger partial charge in [-0.2, -0.15) is 0 Å². The molecule has 4 nitrogen and oxygen atoms in total. The molecule has 110 valence electrons. The fourth-order valence-electron chi connectivity index (χ4n) is 2.85. The van der Waals surface area contributed by atoms with Gasteiger partial charge in [-0.3, -0.25) is 4.79 Å². The predicted octanol–water partition coefficient (Wildman–Crippen LogP) is 3.91. The Hall–Kier alpha value is -1.81. The minimum Gasteiger partial charge on any atom is -0.467 e. The molecule has 2 heterocycles. The Morgan fingerprint density at radius 3 is 2.86 bits per heavy atom. The van der Waals surface area contributed by atoms with Crippen LogP contribution in [-0.4, -0.2) is 21.8 Å². The van der Waals surface area contributed by atoms with E-state index in [-0.39, 0.29) is 11.9 Å². The Bertz CT molecular complexity index is 606. The van der Waals surface area contributed by atoms with Gasteiger partial charge in [-0.25, -0.2) is 4.98 Å². The molecule has 1 aliphatic carbocycles. The van der Waals surface area contributed by atoms with Gasteiger partial charge in [-0.05, 0) is 37.1 Å². The fraction of sp³-hybridized carbons (Fsp3) is 0.375. The lowest BCUT2D eigenvalue weighted by Crippen LogP contribution is -2.38. The predicted molar refractivity (Wildman–Crippen MR) is 80.1 cm³/mol. The molecule has 5 heteroatoms. The maximum absolute atomic E-state index is 12.8. The van der Waals surface area contributed by atoms with Gasteiger partial charge in [0.2, 0.25) is 0 Å². The molecule has 0 N–H and O–H groups in total. The molecule has 0 aliphatic heterocycles. The zero-order valence-electron chi connectivity index (χ0n) is 11.7. The highest BCUT2D eigenvalue weighted by Crippen LogP contribution is 2.27. The van der Waals surface area contributed by atoms with Gasteiger partial charge in [0, 0.05) is 17.8 Å². The minimum atomic E-state index is -0.0115. The van der Waals surface area contributed by atoms with Crippen molar-refractivity contribution in [3.8, 4) is 0 Å². The van der Waals surface area contributed by atoms with Gasteiger partial charge in [0.25, 0.3) is 5.91 Å². The average Bonchev–Trinajstić information content (AvgIpc) is 3.17. The van der Waals surface area contributed by atoms with Crippen LogP contribution in [0.3, 0.4) is 0 Å². The van der Waals surface area contributed by atoms with Crippen LogP contribution in [-0.2, 0) is 6.54 Å². The minimum absolute atomic E-state index is 0.0115. The molecule has 2 aromatic rings. The molecule has 1 saturated carbocycles. The van der Waals surface area contributed by atoms with Gasteiger partial charge in [0.1, 0.15) is 10.9 Å². The van der Waals surface area contributed by atoms with E-state index in [0.29, 0.717) is 17.3 Å². The van der Waals surface area contributed by atoms with Crippen molar-refractivity contribution in [1.82, 2.24) is 9.88 Å². The molecule has 0 atom stereocenters. The van der Waals surface area contributed by atoms with Crippen molar-refractivity contribution in [2.45, 2.75) is 38.3 Å². The highest BCUT2D eigenvalue weighted by atomic mass is 35.5. The molecule has 1 amide bonds. The third-order valence-corrected chi connectivity index (χ3v) is 4.11. The number of halogens is 1. The quantitative estimate of drug-likeness (QED) is 0.804. The van der Waals surface area contributed by atoms with Crippen molar-refractivity contribution in [2.75, 3.05) is 0 Å². The van der Waals surface area contributed by atoms with Gasteiger partial charge in [0.05, 0.1) is 12.8 Å². The Kier molecular flexibility index (Phi) is 4.25. The topological polar surface area (TPSA) is 46.3 Å². The molecular formula is C16H17ClN2O2. The number of carbonyl (C=O) groups excluding carboxylic acids is 1. The highest BCUT2D eigenvalue weighted by molar-refractivity contribution is 6.29. The van der Waals surface area contributed by atoms with Crippen LogP contribution in [0.2, 0.25) is 5.15 Å². The van der Waals surface area contributed by atoms with E-state index in [2.05, 4.69) is 4.98 Å². The lowest BCUT2D eigenvalue weighted by molar-refractivity contribution is 0.0649. The van der Waals surface area contributed by atoms with Gasteiger partial charge >= 0.3 is 0 Å². The number of carbonyl (C=O) groups is 1. The summed E-state index contributed by atoms with van der Waals surface area (Å²) < 4.78 is 5.40. The first-order valence-electron chi connectivity index (χ1n) is 7.19. The second-order valence-electron chi connectivity index (χ2n) is 5.32. The maximum atomic E-state index is 12.8. The van der Waals surface area contributed by atoms with Crippen LogP contribution in [0.4, 0.5) is 0 Å². The summed E-state index contributed by atoms with van der Waals surface area (Å²) in [5.41, 5.74) is 0.577. The van der Waals surface area contributed by atoms with Crippen LogP contribution in [0.5, 0.6) is 0 Å². The molecular weight excluding hydrogens is 288 g/mol. The molecule has 0 bridgehead atoms. The summed E-state index contributed by atoms with van der Waals surface area (Å²) in [5.74, 6) is 0.790. The molecule has 2 aromatic heterocycles. The van der Waals surface area contributed by atoms with E-state index in [1.54, 1.807) is 24.6 Å². The molecule has 1 aliphatic rings. The van der Waals surface area contributed by atoms with E-state index in [4.69, 9.17) is 16.0 Å². The van der Waals surface area contributed by atoms with Crippen molar-refractivity contribution in [3.05, 3.63) is 53.2 Å². The Morgan fingerprint density at radius 2 is 2.19 bits per heavy atom. The zero-order valence-corrected chi connectivity index (χ0v) is 12.4. The molecule has 0 radical (unpaired) electrons. The fourth-order valence-corrected chi connectivity index (χ4v) is 3.03. The van der Waals surface area contributed by atoms with Crippen LogP contribution >= 0.6 is 11.6 Å². The lowest BCUT2D eigenvalue weighted by Gasteiger charge is -2.28. The molecule has 0 saturated heterocycles. The van der Waals surface area contributed by atoms with E-state index in [9.17, 15) is 4.79 Å². The van der Waals surface area contributed by atoms with E-state index >= 15 is 0 Å². The van der Waals surface area contributed by atoms with Gasteiger partial charge in [0.15, 0.2) is 0 Å². The molecule has 1 fully saturated rings. The first-order chi connectivity index (χ1) is 10.2. The first kappa shape index (κ1) is 14.1. The molecule has 21 heavy (non-hydrogen) atoms. The maximum Gasteiger partial charge on any atom is 0.254 e. The molecule has 0 spiro atoms. The van der Waals surface area contributed by atoms with E-state index in [1.807, 2.05) is 17.0 Å². The van der Waals surface area contributed by atoms with Crippen LogP contribution < -0.4 is 0 Å². The van der Waals surface area contributed by atoms with Crippen molar-refractivity contribution >= 4 is 17.5 Å².